The van der Waals surface area contributed by atoms with Crippen molar-refractivity contribution in [3.8, 4) is 17.0 Å². The first-order valence-corrected chi connectivity index (χ1v) is 13.2. The fourth-order valence-corrected chi connectivity index (χ4v) is 4.90. The van der Waals surface area contributed by atoms with Gasteiger partial charge in [-0.05, 0) is 62.1 Å². The highest BCUT2D eigenvalue weighted by Gasteiger charge is 2.38. The van der Waals surface area contributed by atoms with Crippen molar-refractivity contribution in [2.75, 3.05) is 29.3 Å². The van der Waals surface area contributed by atoms with Crippen LogP contribution in [0.15, 0.2) is 59.6 Å². The molecule has 0 saturated carbocycles. The summed E-state index contributed by atoms with van der Waals surface area (Å²) in [4.78, 5) is 23.3. The molecule has 3 heterocycles. The van der Waals surface area contributed by atoms with Crippen LogP contribution in [-0.4, -0.2) is 40.7 Å². The lowest BCUT2D eigenvalue weighted by molar-refractivity contribution is -0.148. The van der Waals surface area contributed by atoms with Crippen molar-refractivity contribution in [3.63, 3.8) is 0 Å². The van der Waals surface area contributed by atoms with Crippen LogP contribution in [0.4, 0.5) is 11.6 Å². The highest BCUT2D eigenvalue weighted by atomic mass is 35.5. The lowest BCUT2D eigenvalue weighted by Crippen LogP contribution is -2.46. The maximum absolute atomic E-state index is 11.7. The van der Waals surface area contributed by atoms with E-state index in [0.29, 0.717) is 42.0 Å². The van der Waals surface area contributed by atoms with E-state index in [1.54, 1.807) is 6.92 Å². The van der Waals surface area contributed by atoms with E-state index in [1.165, 1.54) is 11.9 Å². The number of hydrogen-bond acceptors (Lipinski definition) is 7. The summed E-state index contributed by atoms with van der Waals surface area (Å²) in [6.07, 6.45) is 1.49. The molecule has 1 fully saturated rings. The molecule has 1 aromatic carbocycles. The summed E-state index contributed by atoms with van der Waals surface area (Å²) in [7, 11) is 0. The minimum atomic E-state index is -0.764. The van der Waals surface area contributed by atoms with Gasteiger partial charge in [0.2, 0.25) is 0 Å². The van der Waals surface area contributed by atoms with Crippen LogP contribution in [-0.2, 0) is 4.79 Å². The predicted molar refractivity (Wildman–Crippen MR) is 146 cm³/mol. The molecule has 1 aliphatic heterocycles. The van der Waals surface area contributed by atoms with Gasteiger partial charge >= 0.3 is 5.97 Å². The van der Waals surface area contributed by atoms with E-state index < -0.39 is 11.4 Å². The molecule has 0 radical (unpaired) electrons. The number of nitrogens with zero attached hydrogens (tertiary/aromatic N) is 3. The zero-order chi connectivity index (χ0) is 25.7. The average Bonchev–Trinajstić information content (AvgIpc) is 2.87. The number of hydrogen-bond donors (Lipinski definition) is 2. The number of para-hydroxylation sites is 1. The van der Waals surface area contributed by atoms with Crippen molar-refractivity contribution in [2.24, 2.45) is 11.3 Å². The summed E-state index contributed by atoms with van der Waals surface area (Å²) in [5.41, 5.74) is 0.716. The summed E-state index contributed by atoms with van der Waals surface area (Å²) >= 11 is 7.87. The summed E-state index contributed by atoms with van der Waals surface area (Å²) < 4.78 is 9.27. The molecule has 0 bridgehead atoms. The van der Waals surface area contributed by atoms with E-state index in [2.05, 4.69) is 23.5 Å². The van der Waals surface area contributed by atoms with Crippen LogP contribution in [0, 0.1) is 11.3 Å². The molecule has 1 saturated heterocycles. The van der Waals surface area contributed by atoms with Gasteiger partial charge in [0, 0.05) is 30.6 Å². The topological polar surface area (TPSA) is 87.6 Å². The number of piperidine rings is 1. The van der Waals surface area contributed by atoms with Crippen molar-refractivity contribution in [1.29, 1.82) is 0 Å². The van der Waals surface area contributed by atoms with E-state index in [0.717, 1.165) is 35.1 Å². The van der Waals surface area contributed by atoms with Crippen molar-refractivity contribution in [3.05, 3.63) is 59.6 Å². The molecule has 7 nitrogen and oxygen atoms in total. The highest BCUT2D eigenvalue weighted by Crippen LogP contribution is 2.36. The van der Waals surface area contributed by atoms with E-state index >= 15 is 0 Å². The van der Waals surface area contributed by atoms with Crippen LogP contribution in [0.2, 0.25) is 5.02 Å². The molecule has 2 N–H and O–H groups in total. The summed E-state index contributed by atoms with van der Waals surface area (Å²) in [6.45, 7) is 7.85. The monoisotopic (exact) mass is 526 g/mol. The number of carboxylic acids is 1. The summed E-state index contributed by atoms with van der Waals surface area (Å²) in [6, 6.07) is 17.2. The quantitative estimate of drug-likeness (QED) is 0.300. The molecule has 3 aromatic rings. The second-order valence-corrected chi connectivity index (χ2v) is 10.9. The third-order valence-electron chi connectivity index (χ3n) is 6.07. The van der Waals surface area contributed by atoms with Gasteiger partial charge in [-0.15, -0.1) is 0 Å². The van der Waals surface area contributed by atoms with Crippen LogP contribution < -0.4 is 14.4 Å². The Kier molecular flexibility index (Phi) is 8.26. The fourth-order valence-electron chi connectivity index (χ4n) is 4.08. The molecule has 1 aliphatic rings. The highest BCUT2D eigenvalue weighted by molar-refractivity contribution is 8.00. The van der Waals surface area contributed by atoms with Gasteiger partial charge in [0.25, 0.3) is 0 Å². The molecule has 0 amide bonds. The van der Waals surface area contributed by atoms with Crippen LogP contribution >= 0.6 is 23.5 Å². The van der Waals surface area contributed by atoms with Gasteiger partial charge in [-0.2, -0.15) is 0 Å². The van der Waals surface area contributed by atoms with Crippen molar-refractivity contribution < 1.29 is 14.6 Å². The Morgan fingerprint density at radius 1 is 1.19 bits per heavy atom. The first kappa shape index (κ1) is 26.1. The van der Waals surface area contributed by atoms with Crippen LogP contribution in [0.5, 0.6) is 5.75 Å². The largest absolute Gasteiger partial charge is 0.493 e. The van der Waals surface area contributed by atoms with E-state index in [1.807, 2.05) is 54.6 Å². The molecule has 0 aliphatic carbocycles. The minimum Gasteiger partial charge on any atom is -0.493 e. The van der Waals surface area contributed by atoms with E-state index in [9.17, 15) is 9.90 Å². The lowest BCUT2D eigenvalue weighted by Gasteiger charge is -2.38. The Bertz CT molecular complexity index is 1230. The van der Waals surface area contributed by atoms with E-state index in [4.69, 9.17) is 26.3 Å². The summed E-state index contributed by atoms with van der Waals surface area (Å²) in [5, 5.41) is 10.9. The molecule has 0 spiro atoms. The van der Waals surface area contributed by atoms with Crippen molar-refractivity contribution in [2.45, 2.75) is 38.6 Å². The lowest BCUT2D eigenvalue weighted by atomic mass is 9.82. The number of halogens is 1. The molecule has 0 unspecified atom stereocenters. The van der Waals surface area contributed by atoms with Gasteiger partial charge in [0.15, 0.2) is 0 Å². The Labute approximate surface area is 221 Å². The van der Waals surface area contributed by atoms with Gasteiger partial charge in [-0.25, -0.2) is 9.97 Å². The number of ether oxygens (including phenoxy) is 1. The SMILES string of the molecule is CC(C)COc1ccccc1-c1nc(NSc2cccc(N3CCC[C@@](C)(C(=O)O)C3)n2)ccc1Cl. The Morgan fingerprint density at radius 3 is 2.78 bits per heavy atom. The Balaban J connectivity index is 1.49. The number of aliphatic carboxylic acids is 1. The Hall–Kier alpha value is -2.97. The minimum absolute atomic E-state index is 0.400. The maximum atomic E-state index is 11.7. The molecule has 36 heavy (non-hydrogen) atoms. The molecule has 190 valence electrons. The predicted octanol–water partition coefficient (Wildman–Crippen LogP) is 6.64. The average molecular weight is 527 g/mol. The number of rotatable bonds is 9. The standard InChI is InChI=1S/C27H31ClN4O3S/c1-18(2)16-35-21-9-5-4-8-19(21)25-20(28)12-13-22(29-25)31-36-24-11-6-10-23(30-24)32-15-7-14-27(3,17-32)26(33)34/h4-6,8-13,18H,7,14-17H2,1-3H3,(H,29,31)(H,33,34)/t27-/m1/s1. The normalized spacial score (nSPS) is 17.8. The molecular weight excluding hydrogens is 496 g/mol. The molecule has 9 heteroatoms. The summed E-state index contributed by atoms with van der Waals surface area (Å²) in [5.74, 6) is 1.79. The van der Waals surface area contributed by atoms with Crippen LogP contribution in [0.1, 0.15) is 33.6 Å². The first-order valence-electron chi connectivity index (χ1n) is 12.0. The van der Waals surface area contributed by atoms with Crippen molar-refractivity contribution in [1.82, 2.24) is 9.97 Å². The zero-order valence-corrected chi connectivity index (χ0v) is 22.3. The first-order chi connectivity index (χ1) is 17.2. The fraction of sp³-hybridized carbons (Fsp3) is 0.370. The third kappa shape index (κ3) is 6.23. The third-order valence-corrected chi connectivity index (χ3v) is 7.12. The number of nitrogens with one attached hydrogen (secondary N) is 1. The van der Waals surface area contributed by atoms with Gasteiger partial charge in [0.1, 0.15) is 22.4 Å². The number of pyridine rings is 2. The van der Waals surface area contributed by atoms with Crippen LogP contribution in [0.3, 0.4) is 0 Å². The van der Waals surface area contributed by atoms with Crippen molar-refractivity contribution >= 4 is 41.2 Å². The van der Waals surface area contributed by atoms with E-state index in [-0.39, 0.29) is 0 Å². The molecule has 1 atom stereocenters. The second-order valence-electron chi connectivity index (χ2n) is 9.66. The second kappa shape index (κ2) is 11.4. The van der Waals surface area contributed by atoms with Gasteiger partial charge in [0.05, 0.1) is 22.7 Å². The van der Waals surface area contributed by atoms with Gasteiger partial charge in [-0.1, -0.05) is 43.6 Å². The Morgan fingerprint density at radius 2 is 2.00 bits per heavy atom. The molecule has 4 rings (SSSR count). The number of benzene rings is 1. The number of carbonyl (C=O) groups is 1. The van der Waals surface area contributed by atoms with Gasteiger partial charge < -0.3 is 19.5 Å². The van der Waals surface area contributed by atoms with Gasteiger partial charge in [-0.3, -0.25) is 4.79 Å². The maximum Gasteiger partial charge on any atom is 0.311 e. The number of aromatic nitrogens is 2. The number of anilines is 2. The smallest absolute Gasteiger partial charge is 0.311 e. The zero-order valence-electron chi connectivity index (χ0n) is 20.7. The number of carboxylic acid groups (broad SMARTS) is 1. The molecule has 2 aromatic heterocycles. The van der Waals surface area contributed by atoms with Crippen LogP contribution in [0.25, 0.3) is 11.3 Å². The molecular formula is C27H31ClN4O3S.